The summed E-state index contributed by atoms with van der Waals surface area (Å²) >= 11 is 5.81. The third-order valence-corrected chi connectivity index (χ3v) is 3.44. The normalized spacial score (nSPS) is 11.0. The fourth-order valence-electron chi connectivity index (χ4n) is 2.15. The highest BCUT2D eigenvalue weighted by atomic mass is 35.5. The van der Waals surface area contributed by atoms with Crippen molar-refractivity contribution in [2.45, 2.75) is 6.54 Å². The monoisotopic (exact) mass is 305 g/mol. The first-order valence-corrected chi connectivity index (χ1v) is 6.81. The van der Waals surface area contributed by atoms with Crippen molar-refractivity contribution in [3.63, 3.8) is 0 Å². The Kier molecular flexibility index (Phi) is 3.66. The average molecular weight is 306 g/mol. The maximum absolute atomic E-state index is 13.4. The van der Waals surface area contributed by atoms with E-state index in [1.54, 1.807) is 4.57 Å². The van der Waals surface area contributed by atoms with E-state index in [4.69, 9.17) is 22.1 Å². The molecule has 0 atom stereocenters. The fraction of sp³-hybridized carbons (Fsp3) is 0.133. The first kappa shape index (κ1) is 13.7. The Labute approximate surface area is 125 Å². The van der Waals surface area contributed by atoms with Gasteiger partial charge in [-0.25, -0.2) is 9.37 Å². The lowest BCUT2D eigenvalue weighted by molar-refractivity contribution is 0.301. The van der Waals surface area contributed by atoms with E-state index in [0.29, 0.717) is 30.1 Å². The zero-order valence-corrected chi connectivity index (χ0v) is 11.8. The van der Waals surface area contributed by atoms with Crippen LogP contribution < -0.4 is 10.5 Å². The highest BCUT2D eigenvalue weighted by molar-refractivity contribution is 6.31. The van der Waals surface area contributed by atoms with E-state index in [1.807, 2.05) is 30.3 Å². The quantitative estimate of drug-likeness (QED) is 0.802. The third-order valence-electron chi connectivity index (χ3n) is 3.15. The van der Waals surface area contributed by atoms with Gasteiger partial charge in [0, 0.05) is 6.07 Å². The third kappa shape index (κ3) is 2.78. The molecule has 0 unspecified atom stereocenters. The molecule has 2 N–H and O–H groups in total. The van der Waals surface area contributed by atoms with Crippen LogP contribution in [0.1, 0.15) is 0 Å². The molecular weight excluding hydrogens is 293 g/mol. The Hall–Kier alpha value is -2.27. The predicted octanol–water partition coefficient (Wildman–Crippen LogP) is 3.49. The van der Waals surface area contributed by atoms with Gasteiger partial charge in [-0.05, 0) is 18.2 Å². The molecule has 6 heteroatoms. The Morgan fingerprint density at radius 1 is 1.24 bits per heavy atom. The van der Waals surface area contributed by atoms with Crippen LogP contribution in [-0.2, 0) is 6.54 Å². The van der Waals surface area contributed by atoms with Gasteiger partial charge in [0.05, 0.1) is 22.6 Å². The van der Waals surface area contributed by atoms with Gasteiger partial charge in [-0.2, -0.15) is 0 Å². The van der Waals surface area contributed by atoms with Gasteiger partial charge in [-0.15, -0.1) is 0 Å². The number of nitrogens with zero attached hydrogens (tertiary/aromatic N) is 2. The number of anilines is 1. The molecule has 0 radical (unpaired) electrons. The van der Waals surface area contributed by atoms with E-state index in [9.17, 15) is 4.39 Å². The molecule has 0 fully saturated rings. The lowest BCUT2D eigenvalue weighted by Gasteiger charge is -2.09. The minimum absolute atomic E-state index is 0.0487. The van der Waals surface area contributed by atoms with Gasteiger partial charge in [0.15, 0.2) is 0 Å². The van der Waals surface area contributed by atoms with Crippen molar-refractivity contribution in [2.24, 2.45) is 0 Å². The zero-order valence-electron chi connectivity index (χ0n) is 11.1. The minimum atomic E-state index is -0.505. The molecule has 0 amide bonds. The van der Waals surface area contributed by atoms with Gasteiger partial charge in [0.25, 0.3) is 0 Å². The number of ether oxygens (including phenoxy) is 1. The Bertz CT molecular complexity index is 773. The van der Waals surface area contributed by atoms with Crippen molar-refractivity contribution in [1.29, 1.82) is 0 Å². The van der Waals surface area contributed by atoms with Crippen molar-refractivity contribution in [1.82, 2.24) is 9.55 Å². The van der Waals surface area contributed by atoms with E-state index in [1.165, 1.54) is 12.1 Å². The van der Waals surface area contributed by atoms with E-state index < -0.39 is 5.82 Å². The lowest BCUT2D eigenvalue weighted by Crippen LogP contribution is -2.10. The van der Waals surface area contributed by atoms with Gasteiger partial charge < -0.3 is 15.0 Å². The Balaban J connectivity index is 1.80. The number of nitrogen functional groups attached to an aromatic ring is 1. The number of aromatic nitrogens is 2. The van der Waals surface area contributed by atoms with Crippen molar-refractivity contribution in [3.8, 4) is 5.75 Å². The molecule has 0 saturated heterocycles. The maximum Gasteiger partial charge on any atom is 0.201 e. The minimum Gasteiger partial charge on any atom is -0.492 e. The number of hydrogen-bond acceptors (Lipinski definition) is 3. The Morgan fingerprint density at radius 2 is 2.00 bits per heavy atom. The van der Waals surface area contributed by atoms with Crippen LogP contribution in [-0.4, -0.2) is 16.2 Å². The summed E-state index contributed by atoms with van der Waals surface area (Å²) < 4.78 is 20.8. The molecule has 2 aromatic carbocycles. The summed E-state index contributed by atoms with van der Waals surface area (Å²) in [5, 5.41) is 0.0487. The van der Waals surface area contributed by atoms with Gasteiger partial charge >= 0.3 is 0 Å². The van der Waals surface area contributed by atoms with Crippen molar-refractivity contribution in [2.75, 3.05) is 12.3 Å². The highest BCUT2D eigenvalue weighted by Gasteiger charge is 2.11. The van der Waals surface area contributed by atoms with Crippen LogP contribution in [0.3, 0.4) is 0 Å². The molecule has 0 spiro atoms. The van der Waals surface area contributed by atoms with Crippen molar-refractivity contribution < 1.29 is 9.13 Å². The van der Waals surface area contributed by atoms with E-state index in [-0.39, 0.29) is 5.02 Å². The summed E-state index contributed by atoms with van der Waals surface area (Å²) in [5.41, 5.74) is 7.03. The van der Waals surface area contributed by atoms with Gasteiger partial charge in [0.2, 0.25) is 5.95 Å². The smallest absolute Gasteiger partial charge is 0.201 e. The van der Waals surface area contributed by atoms with Crippen molar-refractivity contribution in [3.05, 3.63) is 53.3 Å². The van der Waals surface area contributed by atoms with E-state index in [0.717, 1.165) is 5.75 Å². The summed E-state index contributed by atoms with van der Waals surface area (Å²) in [6, 6.07) is 12.3. The fourth-order valence-corrected chi connectivity index (χ4v) is 2.30. The van der Waals surface area contributed by atoms with Gasteiger partial charge in [0.1, 0.15) is 18.2 Å². The second kappa shape index (κ2) is 5.61. The number of hydrogen-bond donors (Lipinski definition) is 1. The predicted molar refractivity (Wildman–Crippen MR) is 81.1 cm³/mol. The van der Waals surface area contributed by atoms with Crippen LogP contribution in [0.15, 0.2) is 42.5 Å². The number of fused-ring (bicyclic) bond motifs is 1. The second-order valence-corrected chi connectivity index (χ2v) is 4.95. The molecule has 0 bridgehead atoms. The average Bonchev–Trinajstić information content (AvgIpc) is 2.76. The number of benzene rings is 2. The second-order valence-electron chi connectivity index (χ2n) is 4.54. The molecule has 0 aliphatic carbocycles. The molecule has 108 valence electrons. The molecule has 1 heterocycles. The van der Waals surface area contributed by atoms with E-state index in [2.05, 4.69) is 4.98 Å². The summed E-state index contributed by atoms with van der Waals surface area (Å²) in [5.74, 6) is 0.585. The molecule has 21 heavy (non-hydrogen) atoms. The summed E-state index contributed by atoms with van der Waals surface area (Å²) in [6.07, 6.45) is 0. The van der Waals surface area contributed by atoms with Gasteiger partial charge in [-0.1, -0.05) is 29.8 Å². The van der Waals surface area contributed by atoms with E-state index >= 15 is 0 Å². The first-order valence-electron chi connectivity index (χ1n) is 6.44. The molecule has 4 nitrogen and oxygen atoms in total. The van der Waals surface area contributed by atoms with Crippen LogP contribution in [0.4, 0.5) is 10.3 Å². The van der Waals surface area contributed by atoms with Crippen molar-refractivity contribution >= 4 is 28.6 Å². The molecule has 0 saturated carbocycles. The maximum atomic E-state index is 13.4. The summed E-state index contributed by atoms with van der Waals surface area (Å²) in [4.78, 5) is 4.13. The van der Waals surface area contributed by atoms with Gasteiger partial charge in [-0.3, -0.25) is 0 Å². The number of para-hydroxylation sites is 1. The summed E-state index contributed by atoms with van der Waals surface area (Å²) in [6.45, 7) is 0.924. The molecule has 1 aromatic heterocycles. The van der Waals surface area contributed by atoms with Crippen LogP contribution in [0, 0.1) is 5.82 Å². The van der Waals surface area contributed by atoms with Crippen LogP contribution >= 0.6 is 11.6 Å². The highest BCUT2D eigenvalue weighted by Crippen LogP contribution is 2.24. The molecule has 0 aliphatic heterocycles. The number of rotatable bonds is 4. The Morgan fingerprint density at radius 3 is 2.76 bits per heavy atom. The number of nitrogens with two attached hydrogens (primary N) is 1. The largest absolute Gasteiger partial charge is 0.492 e. The molecule has 0 aliphatic rings. The zero-order chi connectivity index (χ0) is 14.8. The lowest BCUT2D eigenvalue weighted by atomic mass is 10.3. The first-order chi connectivity index (χ1) is 10.1. The van der Waals surface area contributed by atoms with Crippen LogP contribution in [0.5, 0.6) is 5.75 Å². The SMILES string of the molecule is Nc1nc2cc(F)c(Cl)cc2n1CCOc1ccccc1. The molecule has 3 aromatic rings. The number of imidazole rings is 1. The topological polar surface area (TPSA) is 53.1 Å². The van der Waals surface area contributed by atoms with Crippen LogP contribution in [0.2, 0.25) is 5.02 Å². The summed E-state index contributed by atoms with van der Waals surface area (Å²) in [7, 11) is 0. The molecular formula is C15H13ClFN3O. The van der Waals surface area contributed by atoms with Crippen LogP contribution in [0.25, 0.3) is 11.0 Å². The molecule has 3 rings (SSSR count). The number of halogens is 2. The standard InChI is InChI=1S/C15H13ClFN3O/c16-11-8-14-13(9-12(11)17)19-15(18)20(14)6-7-21-10-4-2-1-3-5-10/h1-5,8-9H,6-7H2,(H2,18,19).